The molecule has 14 rings (SSSR count). The van der Waals surface area contributed by atoms with Crippen molar-refractivity contribution in [2.24, 2.45) is 0 Å². The second kappa shape index (κ2) is 25.2. The Morgan fingerprint density at radius 3 is 1.56 bits per heavy atom. The molecule has 2 N–H and O–H groups in total. The van der Waals surface area contributed by atoms with Crippen LogP contribution < -0.4 is 41.4 Å². The van der Waals surface area contributed by atoms with Crippen LogP contribution in [0.4, 0.5) is 4.39 Å². The lowest BCUT2D eigenvalue weighted by molar-refractivity contribution is -0.128. The zero-order valence-electron chi connectivity index (χ0n) is 56.0. The summed E-state index contributed by atoms with van der Waals surface area (Å²) in [4.78, 5) is 103. The fraction of sp³-hybridized carbons (Fsp3) is 0.529. The number of carbonyl (C=O) groups excluding carboxylic acids is 2. The number of thiophene rings is 2. The molecule has 4 aliphatic heterocycles. The van der Waals surface area contributed by atoms with Gasteiger partial charge in [0, 0.05) is 17.5 Å². The van der Waals surface area contributed by atoms with Gasteiger partial charge in [0.1, 0.15) is 62.8 Å². The van der Waals surface area contributed by atoms with Crippen molar-refractivity contribution in [1.82, 2.24) is 37.7 Å². The van der Waals surface area contributed by atoms with Crippen molar-refractivity contribution >= 4 is 75.0 Å². The lowest BCUT2D eigenvalue weighted by Crippen LogP contribution is -2.59. The summed E-state index contributed by atoms with van der Waals surface area (Å²) in [7, 11) is -5.95. The van der Waals surface area contributed by atoms with E-state index in [-0.39, 0.29) is 105 Å². The first-order valence-electron chi connectivity index (χ1n) is 33.1. The normalized spacial score (nSPS) is 22.8. The van der Waals surface area contributed by atoms with E-state index >= 15 is 28.4 Å². The Bertz CT molecular complexity index is 5020. The molecule has 3 unspecified atom stereocenters. The van der Waals surface area contributed by atoms with Crippen molar-refractivity contribution < 1.29 is 68.1 Å². The minimum absolute atomic E-state index is 0.0212. The van der Waals surface area contributed by atoms with Gasteiger partial charge in [0.25, 0.3) is 22.9 Å². The first kappa shape index (κ1) is 68.5. The van der Waals surface area contributed by atoms with Gasteiger partial charge in [-0.2, -0.15) is 0 Å². The van der Waals surface area contributed by atoms with Gasteiger partial charge < -0.3 is 37.3 Å². The maximum Gasteiger partial charge on any atom is 0.333 e. The fourth-order valence-corrected chi connectivity index (χ4v) is 19.8. The maximum absolute atomic E-state index is 16.3. The first-order valence-corrected chi connectivity index (χ1v) is 37.7. The number of amides is 2. The van der Waals surface area contributed by atoms with Crippen LogP contribution in [0.15, 0.2) is 89.3 Å². The van der Waals surface area contributed by atoms with Crippen LogP contribution in [0.25, 0.3) is 42.0 Å². The molecule has 2 aromatic carbocycles. The Labute approximate surface area is 575 Å². The number of fused-ring (bicyclic) bond motifs is 6. The Morgan fingerprint density at radius 2 is 1.10 bits per heavy atom. The van der Waals surface area contributed by atoms with Crippen molar-refractivity contribution in [2.45, 2.75) is 214 Å². The van der Waals surface area contributed by atoms with Gasteiger partial charge in [0.05, 0.1) is 106 Å². The predicted molar refractivity (Wildman–Crippen MR) is 363 cm³/mol. The van der Waals surface area contributed by atoms with Crippen molar-refractivity contribution in [3.05, 3.63) is 137 Å². The minimum atomic E-state index is -4.49. The van der Waals surface area contributed by atoms with Gasteiger partial charge in [-0.1, -0.05) is 12.1 Å². The van der Waals surface area contributed by atoms with Gasteiger partial charge in [-0.3, -0.25) is 37.8 Å². The number of halogens is 1. The average Bonchev–Trinajstić information content (AvgIpc) is 1.72. The summed E-state index contributed by atoms with van der Waals surface area (Å²) in [6, 6.07) is 8.75. The van der Waals surface area contributed by atoms with Gasteiger partial charge in [0.2, 0.25) is 31.8 Å². The second-order valence-corrected chi connectivity index (χ2v) is 34.7. The quantitative estimate of drug-likeness (QED) is 0.0572. The average molecular weight is 1440 g/mol. The molecule has 2 aliphatic carbocycles. The number of nitrogens with zero attached hydrogens (tertiary/aromatic N) is 6. The van der Waals surface area contributed by atoms with E-state index in [0.717, 1.165) is 57.5 Å². The van der Waals surface area contributed by atoms with Crippen molar-refractivity contribution in [3.63, 3.8) is 0 Å². The summed E-state index contributed by atoms with van der Waals surface area (Å²) in [6.07, 6.45) is 7.59. The number of oxazole rings is 2. The number of ether oxygens (including phenoxy) is 6. The molecule has 26 nitrogen and oxygen atoms in total. The number of carbonyl (C=O) groups is 2. The lowest BCUT2D eigenvalue weighted by Gasteiger charge is -2.34. The largest absolute Gasteiger partial charge is 0.496 e. The number of rotatable bonds is 24. The van der Waals surface area contributed by atoms with Gasteiger partial charge >= 0.3 is 11.4 Å². The Morgan fingerprint density at radius 1 is 0.646 bits per heavy atom. The molecule has 99 heavy (non-hydrogen) atoms. The number of aryl methyl sites for hydroxylation is 2. The SMILES string of the molecule is COc1cc(CC(C)(C(=O)NS(=O)(=O)C2(C)CC2)n2c(=O)c3c(C)c(-c4ncco4)sc3n(C[C@H](OC3C[C@H]4CC[C@@H](C3)O4)c3cc(F)ccc3OC)c2=O)ccc1[C@H](Cn1c(=O)n(C(C)(C)C(=O)NS(=O)(=O)C2(C)CC2)c(=O)c2c(C)c(-c3ncco3)sc21)OC1C[C@H]2CC[C@@H](C1)O2. The Balaban J connectivity index is 0.921. The van der Waals surface area contributed by atoms with E-state index in [1.807, 2.05) is 0 Å². The molecule has 6 fully saturated rings. The summed E-state index contributed by atoms with van der Waals surface area (Å²) < 4.78 is 128. The summed E-state index contributed by atoms with van der Waals surface area (Å²) in [5.74, 6) is -2.34. The number of nitrogens with one attached hydrogen (secondary N) is 2. The summed E-state index contributed by atoms with van der Waals surface area (Å²) >= 11 is 2.07. The molecule has 2 saturated carbocycles. The molecular weight excluding hydrogens is 1360 g/mol. The highest BCUT2D eigenvalue weighted by Crippen LogP contribution is 2.47. The first-order chi connectivity index (χ1) is 46.9. The smallest absolute Gasteiger partial charge is 0.333 e. The molecule has 6 aromatic heterocycles. The molecule has 6 aliphatic rings. The van der Waals surface area contributed by atoms with Crippen LogP contribution in [-0.4, -0.2) is 117 Å². The Kier molecular flexibility index (Phi) is 17.4. The second-order valence-electron chi connectivity index (χ2n) is 28.3. The van der Waals surface area contributed by atoms with E-state index in [9.17, 15) is 21.6 Å². The minimum Gasteiger partial charge on any atom is -0.496 e. The highest BCUT2D eigenvalue weighted by atomic mass is 32.2. The predicted octanol–water partition coefficient (Wildman–Crippen LogP) is 8.47. The van der Waals surface area contributed by atoms with Crippen molar-refractivity contribution in [3.8, 4) is 33.0 Å². The summed E-state index contributed by atoms with van der Waals surface area (Å²) in [6.45, 7) is 9.43. The van der Waals surface area contributed by atoms with Crippen LogP contribution in [0.1, 0.15) is 152 Å². The van der Waals surface area contributed by atoms with Crippen LogP contribution >= 0.6 is 22.7 Å². The molecule has 528 valence electrons. The van der Waals surface area contributed by atoms with Crippen LogP contribution in [0.2, 0.25) is 0 Å². The molecule has 0 spiro atoms. The van der Waals surface area contributed by atoms with E-state index in [2.05, 4.69) is 19.4 Å². The number of aromatic nitrogens is 6. The molecular formula is C68H77FN8O18S4. The molecule has 31 heteroatoms. The molecule has 9 atom stereocenters. The zero-order valence-corrected chi connectivity index (χ0v) is 59.3. The third-order valence-corrected chi connectivity index (χ3v) is 28.0. The fourth-order valence-electron chi connectivity index (χ4n) is 14.6. The highest BCUT2D eigenvalue weighted by molar-refractivity contribution is 7.92. The number of sulfonamides is 2. The molecule has 8 aromatic rings. The van der Waals surface area contributed by atoms with Crippen LogP contribution in [0.3, 0.4) is 0 Å². The van der Waals surface area contributed by atoms with Crippen molar-refractivity contribution in [2.75, 3.05) is 14.2 Å². The van der Waals surface area contributed by atoms with Gasteiger partial charge in [-0.05, 0) is 166 Å². The van der Waals surface area contributed by atoms with Crippen LogP contribution in [-0.2, 0) is 79.2 Å². The Hall–Kier alpha value is -7.65. The molecule has 0 radical (unpaired) electrons. The van der Waals surface area contributed by atoms with E-state index in [4.69, 9.17) is 37.3 Å². The van der Waals surface area contributed by atoms with Crippen molar-refractivity contribution in [1.29, 1.82) is 0 Å². The maximum atomic E-state index is 16.3. The monoisotopic (exact) mass is 1440 g/mol. The van der Waals surface area contributed by atoms with Crippen LogP contribution in [0.5, 0.6) is 11.5 Å². The molecule has 4 saturated heterocycles. The molecule has 4 bridgehead atoms. The third-order valence-electron chi connectivity index (χ3n) is 21.1. The topological polar surface area (TPSA) is 322 Å². The molecule has 2 amide bonds. The van der Waals surface area contributed by atoms with Gasteiger partial charge in [0.15, 0.2) is 0 Å². The van der Waals surface area contributed by atoms with E-state index in [1.165, 1.54) is 101 Å². The van der Waals surface area contributed by atoms with E-state index in [0.29, 0.717) is 65.0 Å². The van der Waals surface area contributed by atoms with Gasteiger partial charge in [-0.25, -0.2) is 49.9 Å². The molecule has 10 heterocycles. The lowest BCUT2D eigenvalue weighted by atomic mass is 9.90. The van der Waals surface area contributed by atoms with E-state index in [1.54, 1.807) is 32.0 Å². The number of hydrogen-bond donors (Lipinski definition) is 2. The highest BCUT2D eigenvalue weighted by Gasteiger charge is 2.54. The number of hydrogen-bond acceptors (Lipinski definition) is 22. The van der Waals surface area contributed by atoms with E-state index < -0.39 is 112 Å². The third kappa shape index (κ3) is 12.1. The standard InChI is InChI=1S/C68H77FN8O18S4/c1-35-51-57(78)76(65(3,4)61(80)72-98(84,85)66(5)18-19-66)63(82)74(59(51)96-53(35)55-70-22-24-90-55)33-49(94-43-28-39-12-13-40(29-43)92-39)45-16-10-37(26-48(45)89-9)32-68(7,62(81)73-99(86,87)67(6)20-21-67)77-58(79)52-36(2)54(56-71-23-25-91-56)97-60(52)75(64(77)83)34-50(46-27-38(69)11-17-47(46)88-8)95-44-30-41-14-15-42(31-44)93-41/h10-11,16-17,22-27,39-44,49-50H,12-15,18-21,28-34H2,1-9H3,(H,72,80)(H,73,81)/t39-,40+,41-,42+,43?,44?,49-,50-,68?/m0/s1. The van der Waals surface area contributed by atoms with Gasteiger partial charge in [-0.15, -0.1) is 22.7 Å². The summed E-state index contributed by atoms with van der Waals surface area (Å²) in [5.41, 5.74) is -6.93. The summed E-state index contributed by atoms with van der Waals surface area (Å²) in [5, 5.41) is -0.00826. The number of methoxy groups -OCH3 is 2. The number of benzene rings is 2. The zero-order chi connectivity index (χ0) is 70.2. The van der Waals surface area contributed by atoms with Crippen LogP contribution in [0, 0.1) is 19.7 Å².